The molecule has 1 aliphatic carbocycles. The fourth-order valence-electron chi connectivity index (χ4n) is 4.48. The van der Waals surface area contributed by atoms with Crippen LogP contribution in [-0.2, 0) is 26.2 Å². The van der Waals surface area contributed by atoms with Crippen LogP contribution in [-0.4, -0.2) is 50.0 Å². The van der Waals surface area contributed by atoms with Crippen LogP contribution in [0.1, 0.15) is 50.2 Å². The predicted molar refractivity (Wildman–Crippen MR) is 145 cm³/mol. The van der Waals surface area contributed by atoms with Gasteiger partial charge < -0.3 is 10.2 Å². The minimum Gasteiger partial charge on any atom is -0.352 e. The molecule has 0 spiro atoms. The second-order valence-electron chi connectivity index (χ2n) is 9.37. The summed E-state index contributed by atoms with van der Waals surface area (Å²) in [4.78, 5) is 28.3. The van der Waals surface area contributed by atoms with Gasteiger partial charge in [0, 0.05) is 22.6 Å². The molecule has 0 heterocycles. The zero-order chi connectivity index (χ0) is 26.5. The van der Waals surface area contributed by atoms with Gasteiger partial charge >= 0.3 is 0 Å². The van der Waals surface area contributed by atoms with Crippen molar-refractivity contribution in [1.82, 2.24) is 10.2 Å². The van der Waals surface area contributed by atoms with E-state index in [1.54, 1.807) is 50.2 Å². The van der Waals surface area contributed by atoms with Gasteiger partial charge in [-0.25, -0.2) is 8.42 Å². The van der Waals surface area contributed by atoms with E-state index in [4.69, 9.17) is 23.2 Å². The molecule has 1 aliphatic rings. The Morgan fingerprint density at radius 2 is 1.72 bits per heavy atom. The number of carbonyl (C=O) groups is 2. The van der Waals surface area contributed by atoms with Gasteiger partial charge in [0.15, 0.2) is 0 Å². The molecule has 1 unspecified atom stereocenters. The van der Waals surface area contributed by atoms with Gasteiger partial charge in [0.1, 0.15) is 12.6 Å². The van der Waals surface area contributed by atoms with E-state index < -0.39 is 28.5 Å². The van der Waals surface area contributed by atoms with Crippen molar-refractivity contribution in [3.63, 3.8) is 0 Å². The van der Waals surface area contributed by atoms with Crippen LogP contribution in [0.2, 0.25) is 10.0 Å². The maximum atomic E-state index is 13.7. The fourth-order valence-corrected chi connectivity index (χ4v) is 5.82. The number of carbonyl (C=O) groups excluding carboxylic acids is 2. The topological polar surface area (TPSA) is 86.8 Å². The average molecular weight is 555 g/mol. The molecule has 2 aromatic carbocycles. The van der Waals surface area contributed by atoms with E-state index in [9.17, 15) is 18.0 Å². The van der Waals surface area contributed by atoms with Gasteiger partial charge in [0.25, 0.3) is 0 Å². The predicted octanol–water partition coefficient (Wildman–Crippen LogP) is 4.93. The number of rotatable bonds is 9. The first-order valence-electron chi connectivity index (χ1n) is 12.0. The van der Waals surface area contributed by atoms with Crippen molar-refractivity contribution in [2.45, 2.75) is 64.6 Å². The van der Waals surface area contributed by atoms with Crippen molar-refractivity contribution in [2.75, 3.05) is 17.1 Å². The van der Waals surface area contributed by atoms with Crippen molar-refractivity contribution in [3.05, 3.63) is 63.6 Å². The third kappa shape index (κ3) is 7.60. The van der Waals surface area contributed by atoms with Gasteiger partial charge in [-0.3, -0.25) is 13.9 Å². The zero-order valence-corrected chi connectivity index (χ0v) is 23.2. The van der Waals surface area contributed by atoms with Gasteiger partial charge in [0.05, 0.1) is 11.9 Å². The van der Waals surface area contributed by atoms with Crippen LogP contribution in [0.3, 0.4) is 0 Å². The number of aryl methyl sites for hydroxylation is 1. The Hall–Kier alpha value is -2.29. The largest absolute Gasteiger partial charge is 0.352 e. The number of halogens is 2. The lowest BCUT2D eigenvalue weighted by Gasteiger charge is -2.33. The van der Waals surface area contributed by atoms with E-state index in [1.807, 2.05) is 6.07 Å². The highest BCUT2D eigenvalue weighted by molar-refractivity contribution is 7.92. The SMILES string of the molecule is Cc1cc(Cl)ccc1N(CC(=O)N(Cc1cccc(Cl)c1)C(C)C(=O)NC1CCCCC1)S(C)(=O)=O. The van der Waals surface area contributed by atoms with Crippen LogP contribution in [0.25, 0.3) is 0 Å². The van der Waals surface area contributed by atoms with Crippen LogP contribution in [0.5, 0.6) is 0 Å². The summed E-state index contributed by atoms with van der Waals surface area (Å²) in [6.45, 7) is 3.05. The first-order valence-corrected chi connectivity index (χ1v) is 14.6. The summed E-state index contributed by atoms with van der Waals surface area (Å²) in [5.74, 6) is -0.757. The van der Waals surface area contributed by atoms with E-state index in [2.05, 4.69) is 5.32 Å². The quantitative estimate of drug-likeness (QED) is 0.476. The highest BCUT2D eigenvalue weighted by Crippen LogP contribution is 2.26. The molecule has 36 heavy (non-hydrogen) atoms. The summed E-state index contributed by atoms with van der Waals surface area (Å²) in [6, 6.07) is 11.1. The molecule has 1 fully saturated rings. The van der Waals surface area contributed by atoms with Crippen LogP contribution in [0, 0.1) is 6.92 Å². The second-order valence-corrected chi connectivity index (χ2v) is 12.2. The number of anilines is 1. The molecule has 0 radical (unpaired) electrons. The van der Waals surface area contributed by atoms with Gasteiger partial charge in [0.2, 0.25) is 21.8 Å². The van der Waals surface area contributed by atoms with Crippen molar-refractivity contribution in [3.8, 4) is 0 Å². The highest BCUT2D eigenvalue weighted by atomic mass is 35.5. The average Bonchev–Trinajstić information content (AvgIpc) is 2.81. The van der Waals surface area contributed by atoms with Crippen molar-refractivity contribution in [2.24, 2.45) is 0 Å². The molecule has 1 N–H and O–H groups in total. The molecule has 2 amide bonds. The normalized spacial score (nSPS) is 15.2. The molecule has 196 valence electrons. The molecule has 3 rings (SSSR count). The smallest absolute Gasteiger partial charge is 0.244 e. The van der Waals surface area contributed by atoms with Crippen molar-refractivity contribution >= 4 is 50.7 Å². The van der Waals surface area contributed by atoms with E-state index in [0.29, 0.717) is 21.3 Å². The zero-order valence-electron chi connectivity index (χ0n) is 20.8. The van der Waals surface area contributed by atoms with E-state index in [-0.39, 0.29) is 18.5 Å². The van der Waals surface area contributed by atoms with Gasteiger partial charge in [-0.1, -0.05) is 54.6 Å². The molecule has 10 heteroatoms. The van der Waals surface area contributed by atoms with Crippen molar-refractivity contribution < 1.29 is 18.0 Å². The minimum absolute atomic E-state index is 0.0843. The summed E-state index contributed by atoms with van der Waals surface area (Å²) < 4.78 is 26.5. The monoisotopic (exact) mass is 553 g/mol. The van der Waals surface area contributed by atoms with E-state index in [0.717, 1.165) is 48.2 Å². The number of nitrogens with zero attached hydrogens (tertiary/aromatic N) is 2. The lowest BCUT2D eigenvalue weighted by molar-refractivity contribution is -0.139. The Kier molecular flexibility index (Phi) is 9.66. The Morgan fingerprint density at radius 1 is 1.06 bits per heavy atom. The Morgan fingerprint density at radius 3 is 2.33 bits per heavy atom. The lowest BCUT2D eigenvalue weighted by Crippen LogP contribution is -2.53. The maximum absolute atomic E-state index is 13.7. The standard InChI is InChI=1S/C26H33Cl2N3O4S/c1-18-14-22(28)12-13-24(18)31(36(3,34)35)17-25(32)30(16-20-8-7-9-21(27)15-20)19(2)26(33)29-23-10-5-4-6-11-23/h7-9,12-15,19,23H,4-6,10-11,16-17H2,1-3H3,(H,29,33). The summed E-state index contributed by atoms with van der Waals surface area (Å²) in [6.07, 6.45) is 6.17. The number of nitrogens with one attached hydrogen (secondary N) is 1. The first kappa shape index (κ1) is 28.3. The minimum atomic E-state index is -3.81. The third-order valence-corrected chi connectivity index (χ3v) is 8.06. The molecule has 1 saturated carbocycles. The molecule has 2 aromatic rings. The summed E-state index contributed by atoms with van der Waals surface area (Å²) in [5, 5.41) is 4.05. The second kappa shape index (κ2) is 12.3. The van der Waals surface area contributed by atoms with Crippen LogP contribution >= 0.6 is 23.2 Å². The number of benzene rings is 2. The van der Waals surface area contributed by atoms with Crippen LogP contribution in [0.15, 0.2) is 42.5 Å². The Bertz CT molecular complexity index is 1200. The molecule has 0 bridgehead atoms. The van der Waals surface area contributed by atoms with Gasteiger partial charge in [-0.15, -0.1) is 0 Å². The van der Waals surface area contributed by atoms with E-state index in [1.165, 1.54) is 4.90 Å². The molecule has 0 saturated heterocycles. The number of hydrogen-bond donors (Lipinski definition) is 1. The molecule has 0 aromatic heterocycles. The summed E-state index contributed by atoms with van der Waals surface area (Å²) >= 11 is 12.2. The molecular formula is C26H33Cl2N3O4S. The van der Waals surface area contributed by atoms with Gasteiger partial charge in [-0.2, -0.15) is 0 Å². The Balaban J connectivity index is 1.89. The molecule has 1 atom stereocenters. The number of amides is 2. The van der Waals surface area contributed by atoms with E-state index >= 15 is 0 Å². The highest BCUT2D eigenvalue weighted by Gasteiger charge is 2.31. The molecular weight excluding hydrogens is 521 g/mol. The van der Waals surface area contributed by atoms with Crippen molar-refractivity contribution in [1.29, 1.82) is 0 Å². The van der Waals surface area contributed by atoms with Gasteiger partial charge in [-0.05, 0) is 68.1 Å². The maximum Gasteiger partial charge on any atom is 0.244 e. The number of sulfonamides is 1. The summed E-state index contributed by atoms with van der Waals surface area (Å²) in [7, 11) is -3.81. The van der Waals surface area contributed by atoms with Crippen LogP contribution < -0.4 is 9.62 Å². The first-order chi connectivity index (χ1) is 17.0. The summed E-state index contributed by atoms with van der Waals surface area (Å²) in [5.41, 5.74) is 1.71. The Labute approximate surface area is 223 Å². The molecule has 7 nitrogen and oxygen atoms in total. The lowest BCUT2D eigenvalue weighted by atomic mass is 9.95. The number of hydrogen-bond acceptors (Lipinski definition) is 4. The fraction of sp³-hybridized carbons (Fsp3) is 0.462. The third-order valence-electron chi connectivity index (χ3n) is 6.47. The van der Waals surface area contributed by atoms with Crippen LogP contribution in [0.4, 0.5) is 5.69 Å². The molecule has 0 aliphatic heterocycles.